The maximum absolute atomic E-state index is 12.5. The van der Waals surface area contributed by atoms with Crippen molar-refractivity contribution in [3.63, 3.8) is 0 Å². The van der Waals surface area contributed by atoms with Gasteiger partial charge in [0.2, 0.25) is 5.91 Å². The van der Waals surface area contributed by atoms with Gasteiger partial charge in [-0.2, -0.15) is 5.10 Å². The van der Waals surface area contributed by atoms with Crippen molar-refractivity contribution < 1.29 is 9.59 Å². The first-order valence-corrected chi connectivity index (χ1v) is 9.54. The highest BCUT2D eigenvalue weighted by Gasteiger charge is 2.25. The van der Waals surface area contributed by atoms with Gasteiger partial charge in [0.25, 0.3) is 0 Å². The van der Waals surface area contributed by atoms with Crippen molar-refractivity contribution in [2.75, 3.05) is 0 Å². The molecule has 6 nitrogen and oxygen atoms in total. The van der Waals surface area contributed by atoms with Crippen molar-refractivity contribution in [3.05, 3.63) is 66.6 Å². The lowest BCUT2D eigenvalue weighted by Gasteiger charge is -2.20. The smallest absolute Gasteiger partial charge is 0.223 e. The number of rotatable bonds is 5. The molecule has 0 radical (unpaired) electrons. The molecule has 0 aliphatic heterocycles. The van der Waals surface area contributed by atoms with E-state index in [1.54, 1.807) is 12.4 Å². The predicted molar refractivity (Wildman–Crippen MR) is 106 cm³/mol. The molecule has 1 N–H and O–H groups in total. The molecule has 28 heavy (non-hydrogen) atoms. The van der Waals surface area contributed by atoms with Crippen LogP contribution in [0.2, 0.25) is 0 Å². The fourth-order valence-electron chi connectivity index (χ4n) is 3.53. The van der Waals surface area contributed by atoms with Gasteiger partial charge in [-0.25, -0.2) is 4.68 Å². The number of aromatic nitrogens is 3. The molecule has 4 rings (SSSR count). The number of nitrogens with one attached hydrogen (secondary N) is 1. The highest BCUT2D eigenvalue weighted by atomic mass is 16.2. The lowest BCUT2D eigenvalue weighted by Crippen LogP contribution is -2.32. The molecule has 2 aromatic heterocycles. The second-order valence-corrected chi connectivity index (χ2v) is 7.05. The molecule has 1 aliphatic rings. The van der Waals surface area contributed by atoms with Gasteiger partial charge in [0.05, 0.1) is 11.4 Å². The summed E-state index contributed by atoms with van der Waals surface area (Å²) in [6, 6.07) is 13.7. The molecule has 1 amide bonds. The van der Waals surface area contributed by atoms with Gasteiger partial charge >= 0.3 is 0 Å². The first-order valence-electron chi connectivity index (χ1n) is 9.54. The lowest BCUT2D eigenvalue weighted by molar-refractivity contribution is -0.128. The average Bonchev–Trinajstić information content (AvgIpc) is 3.18. The predicted octanol–water partition coefficient (Wildman–Crippen LogP) is 3.31. The van der Waals surface area contributed by atoms with E-state index in [4.69, 9.17) is 5.10 Å². The number of para-hydroxylation sites is 1. The van der Waals surface area contributed by atoms with Crippen LogP contribution < -0.4 is 5.32 Å². The van der Waals surface area contributed by atoms with E-state index in [9.17, 15) is 9.59 Å². The van der Waals surface area contributed by atoms with Crippen molar-refractivity contribution in [3.8, 4) is 16.9 Å². The Morgan fingerprint density at radius 2 is 1.79 bits per heavy atom. The molecule has 0 bridgehead atoms. The molecule has 2 heterocycles. The van der Waals surface area contributed by atoms with Crippen LogP contribution in [0.3, 0.4) is 0 Å². The van der Waals surface area contributed by atoms with Gasteiger partial charge in [0, 0.05) is 55.0 Å². The van der Waals surface area contributed by atoms with Gasteiger partial charge < -0.3 is 5.32 Å². The molecule has 142 valence electrons. The van der Waals surface area contributed by atoms with Gasteiger partial charge in [-0.15, -0.1) is 0 Å². The molecule has 1 aromatic carbocycles. The van der Waals surface area contributed by atoms with Gasteiger partial charge in [-0.3, -0.25) is 14.6 Å². The van der Waals surface area contributed by atoms with Crippen molar-refractivity contribution >= 4 is 11.7 Å². The van der Waals surface area contributed by atoms with E-state index in [1.165, 1.54) is 0 Å². The van der Waals surface area contributed by atoms with Crippen LogP contribution in [0.5, 0.6) is 0 Å². The summed E-state index contributed by atoms with van der Waals surface area (Å²) in [5.41, 5.74) is 3.68. The molecule has 0 saturated heterocycles. The highest BCUT2D eigenvalue weighted by molar-refractivity contribution is 5.84. The Hall–Kier alpha value is -3.28. The zero-order valence-corrected chi connectivity index (χ0v) is 15.5. The third kappa shape index (κ3) is 4.01. The summed E-state index contributed by atoms with van der Waals surface area (Å²) >= 11 is 0. The van der Waals surface area contributed by atoms with Crippen LogP contribution in [-0.4, -0.2) is 26.5 Å². The van der Waals surface area contributed by atoms with E-state index in [0.29, 0.717) is 32.2 Å². The second-order valence-electron chi connectivity index (χ2n) is 7.05. The number of carbonyl (C=O) groups is 2. The van der Waals surface area contributed by atoms with Gasteiger partial charge in [-0.1, -0.05) is 18.2 Å². The Morgan fingerprint density at radius 3 is 2.50 bits per heavy atom. The van der Waals surface area contributed by atoms with Gasteiger partial charge in [0.1, 0.15) is 5.78 Å². The van der Waals surface area contributed by atoms with E-state index in [1.807, 2.05) is 53.3 Å². The number of hydrogen-bond donors (Lipinski definition) is 1. The van der Waals surface area contributed by atoms with E-state index in [0.717, 1.165) is 22.5 Å². The minimum Gasteiger partial charge on any atom is -0.352 e. The molecule has 1 aliphatic carbocycles. The standard InChI is InChI=1S/C22H22N4O2/c27-20-8-6-17(7-9-20)22(28)24-14-18-15-26(19-4-2-1-3-5-19)25-21(18)16-10-12-23-13-11-16/h1-5,10-13,15,17H,6-9,14H2,(H,24,28). The normalized spacial score (nSPS) is 14.8. The van der Waals surface area contributed by atoms with Crippen LogP contribution in [0.4, 0.5) is 0 Å². The van der Waals surface area contributed by atoms with Crippen molar-refractivity contribution in [2.45, 2.75) is 32.2 Å². The second kappa shape index (κ2) is 8.17. The molecule has 0 atom stereocenters. The highest BCUT2D eigenvalue weighted by Crippen LogP contribution is 2.25. The van der Waals surface area contributed by atoms with Crippen LogP contribution in [0.1, 0.15) is 31.2 Å². The van der Waals surface area contributed by atoms with E-state index >= 15 is 0 Å². The largest absolute Gasteiger partial charge is 0.352 e. The molecule has 6 heteroatoms. The number of hydrogen-bond acceptors (Lipinski definition) is 4. The maximum atomic E-state index is 12.5. The first kappa shape index (κ1) is 18.1. The minimum atomic E-state index is -0.0776. The molecule has 3 aromatic rings. The third-order valence-electron chi connectivity index (χ3n) is 5.13. The number of pyridine rings is 1. The van der Waals surface area contributed by atoms with Crippen LogP contribution in [0.15, 0.2) is 61.1 Å². The zero-order valence-electron chi connectivity index (χ0n) is 15.5. The lowest BCUT2D eigenvalue weighted by atomic mass is 9.88. The number of benzene rings is 1. The monoisotopic (exact) mass is 374 g/mol. The number of carbonyl (C=O) groups excluding carboxylic acids is 2. The van der Waals surface area contributed by atoms with E-state index < -0.39 is 0 Å². The number of nitrogens with zero attached hydrogens (tertiary/aromatic N) is 3. The van der Waals surface area contributed by atoms with Crippen molar-refractivity contribution in [1.82, 2.24) is 20.1 Å². The van der Waals surface area contributed by atoms with Gasteiger partial charge in [0.15, 0.2) is 0 Å². The molecule has 0 spiro atoms. The quantitative estimate of drug-likeness (QED) is 0.743. The SMILES string of the molecule is O=C1CCC(C(=O)NCc2cn(-c3ccccc3)nc2-c2ccncc2)CC1. The number of amides is 1. The Kier molecular flexibility index (Phi) is 5.28. The Balaban J connectivity index is 1.56. The summed E-state index contributed by atoms with van der Waals surface area (Å²) in [5.74, 6) is 0.194. The summed E-state index contributed by atoms with van der Waals surface area (Å²) < 4.78 is 1.83. The summed E-state index contributed by atoms with van der Waals surface area (Å²) in [7, 11) is 0. The van der Waals surface area contributed by atoms with Crippen LogP contribution in [0, 0.1) is 5.92 Å². The topological polar surface area (TPSA) is 76.9 Å². The number of ketones is 1. The molecular weight excluding hydrogens is 352 g/mol. The Morgan fingerprint density at radius 1 is 1.07 bits per heavy atom. The van der Waals surface area contributed by atoms with Crippen LogP contribution >= 0.6 is 0 Å². The van der Waals surface area contributed by atoms with Crippen LogP contribution in [0.25, 0.3) is 16.9 Å². The van der Waals surface area contributed by atoms with Crippen molar-refractivity contribution in [1.29, 1.82) is 0 Å². The molecule has 1 saturated carbocycles. The van der Waals surface area contributed by atoms with Crippen molar-refractivity contribution in [2.24, 2.45) is 5.92 Å². The van der Waals surface area contributed by atoms with E-state index in [2.05, 4.69) is 10.3 Å². The summed E-state index contributed by atoms with van der Waals surface area (Å²) in [6.07, 6.45) is 7.72. The fourth-order valence-corrected chi connectivity index (χ4v) is 3.53. The maximum Gasteiger partial charge on any atom is 0.223 e. The molecular formula is C22H22N4O2. The third-order valence-corrected chi connectivity index (χ3v) is 5.13. The summed E-state index contributed by atoms with van der Waals surface area (Å²) in [4.78, 5) is 28.0. The fraction of sp³-hybridized carbons (Fsp3) is 0.273. The average molecular weight is 374 g/mol. The zero-order chi connectivity index (χ0) is 19.3. The summed E-state index contributed by atoms with van der Waals surface area (Å²) in [5, 5.41) is 7.78. The van der Waals surface area contributed by atoms with Gasteiger partial charge in [-0.05, 0) is 37.1 Å². The Labute approximate surface area is 163 Å². The van der Waals surface area contributed by atoms with Crippen LogP contribution in [-0.2, 0) is 16.1 Å². The Bertz CT molecular complexity index is 957. The number of Topliss-reactive ketones (excluding diaryl/α,β-unsaturated/α-hetero) is 1. The molecule has 1 fully saturated rings. The summed E-state index contributed by atoms with van der Waals surface area (Å²) in [6.45, 7) is 0.397. The molecule has 0 unspecified atom stereocenters. The van der Waals surface area contributed by atoms with E-state index in [-0.39, 0.29) is 17.6 Å². The minimum absolute atomic E-state index is 0.0145. The first-order chi connectivity index (χ1) is 13.7.